The molecule has 1 N–H and O–H groups in total. The van der Waals surface area contributed by atoms with E-state index in [1.807, 2.05) is 62.4 Å². The summed E-state index contributed by atoms with van der Waals surface area (Å²) in [5.41, 5.74) is 2.18. The van der Waals surface area contributed by atoms with Crippen molar-refractivity contribution < 1.29 is 13.9 Å². The maximum Gasteiger partial charge on any atom is 0.197 e. The SMILES string of the molecule is CC(C)c1oc2ccccc2c1C(=O)c1ccc(OCCCNC(C)(C)C)cc1. The van der Waals surface area contributed by atoms with Crippen LogP contribution in [0, 0.1) is 0 Å². The highest BCUT2D eigenvalue weighted by Crippen LogP contribution is 2.32. The zero-order chi connectivity index (χ0) is 21.0. The van der Waals surface area contributed by atoms with Crippen LogP contribution in [0.1, 0.15) is 68.6 Å². The number of ether oxygens (including phenoxy) is 1. The number of furan rings is 1. The van der Waals surface area contributed by atoms with Crippen LogP contribution in [0.15, 0.2) is 52.9 Å². The third-order valence-electron chi connectivity index (χ3n) is 4.74. The average Bonchev–Trinajstić information content (AvgIpc) is 3.07. The Morgan fingerprint density at radius 1 is 1.07 bits per heavy atom. The predicted molar refractivity (Wildman–Crippen MR) is 118 cm³/mol. The lowest BCUT2D eigenvalue weighted by molar-refractivity contribution is 0.103. The molecule has 154 valence electrons. The maximum atomic E-state index is 13.2. The molecule has 4 heteroatoms. The van der Waals surface area contributed by atoms with Gasteiger partial charge in [0, 0.05) is 22.4 Å². The Bertz CT molecular complexity index is 962. The Morgan fingerprint density at radius 2 is 1.76 bits per heavy atom. The zero-order valence-electron chi connectivity index (χ0n) is 18.0. The highest BCUT2D eigenvalue weighted by atomic mass is 16.5. The monoisotopic (exact) mass is 393 g/mol. The second-order valence-electron chi connectivity index (χ2n) is 8.72. The van der Waals surface area contributed by atoms with Crippen molar-refractivity contribution in [2.75, 3.05) is 13.2 Å². The van der Waals surface area contributed by atoms with Gasteiger partial charge in [-0.3, -0.25) is 4.79 Å². The molecule has 0 aliphatic rings. The third kappa shape index (κ3) is 5.27. The van der Waals surface area contributed by atoms with Crippen LogP contribution in [-0.2, 0) is 0 Å². The second-order valence-corrected chi connectivity index (χ2v) is 8.72. The lowest BCUT2D eigenvalue weighted by atomic mass is 9.96. The lowest BCUT2D eigenvalue weighted by Gasteiger charge is -2.20. The summed E-state index contributed by atoms with van der Waals surface area (Å²) in [6, 6.07) is 15.1. The molecule has 0 saturated carbocycles. The molecule has 4 nitrogen and oxygen atoms in total. The van der Waals surface area contributed by atoms with Gasteiger partial charge in [-0.15, -0.1) is 0 Å². The van der Waals surface area contributed by atoms with E-state index in [-0.39, 0.29) is 17.2 Å². The van der Waals surface area contributed by atoms with E-state index in [0.717, 1.165) is 35.4 Å². The molecule has 0 spiro atoms. The van der Waals surface area contributed by atoms with Crippen molar-refractivity contribution >= 4 is 16.8 Å². The molecule has 1 aromatic heterocycles. The summed E-state index contributed by atoms with van der Waals surface area (Å²) in [7, 11) is 0. The molecular weight excluding hydrogens is 362 g/mol. The fourth-order valence-electron chi connectivity index (χ4n) is 3.28. The van der Waals surface area contributed by atoms with Crippen molar-refractivity contribution in [3.63, 3.8) is 0 Å². The van der Waals surface area contributed by atoms with E-state index in [1.165, 1.54) is 0 Å². The molecule has 0 aliphatic carbocycles. The molecule has 0 fully saturated rings. The van der Waals surface area contributed by atoms with Crippen LogP contribution in [-0.4, -0.2) is 24.5 Å². The summed E-state index contributed by atoms with van der Waals surface area (Å²) in [6.07, 6.45) is 0.927. The summed E-state index contributed by atoms with van der Waals surface area (Å²) < 4.78 is 11.8. The van der Waals surface area contributed by atoms with Gasteiger partial charge in [-0.25, -0.2) is 0 Å². The van der Waals surface area contributed by atoms with Gasteiger partial charge in [0.1, 0.15) is 17.1 Å². The van der Waals surface area contributed by atoms with Crippen LogP contribution < -0.4 is 10.1 Å². The minimum absolute atomic E-state index is 0.0143. The van der Waals surface area contributed by atoms with E-state index >= 15 is 0 Å². The molecule has 0 saturated heterocycles. The van der Waals surface area contributed by atoms with Gasteiger partial charge in [0.2, 0.25) is 0 Å². The van der Waals surface area contributed by atoms with E-state index in [0.29, 0.717) is 17.7 Å². The van der Waals surface area contributed by atoms with Crippen LogP contribution in [0.3, 0.4) is 0 Å². The third-order valence-corrected chi connectivity index (χ3v) is 4.74. The van der Waals surface area contributed by atoms with Gasteiger partial charge < -0.3 is 14.5 Å². The Morgan fingerprint density at radius 3 is 2.41 bits per heavy atom. The summed E-state index contributed by atoms with van der Waals surface area (Å²) in [6.45, 7) is 12.1. The fourth-order valence-corrected chi connectivity index (χ4v) is 3.28. The molecule has 3 aromatic rings. The van der Waals surface area contributed by atoms with Crippen LogP contribution >= 0.6 is 0 Å². The molecule has 1 heterocycles. The van der Waals surface area contributed by atoms with Gasteiger partial charge in [0.15, 0.2) is 5.78 Å². The number of nitrogens with one attached hydrogen (secondary N) is 1. The van der Waals surface area contributed by atoms with E-state index in [9.17, 15) is 4.79 Å². The average molecular weight is 394 g/mol. The normalized spacial score (nSPS) is 11.9. The highest BCUT2D eigenvalue weighted by Gasteiger charge is 2.23. The highest BCUT2D eigenvalue weighted by molar-refractivity contribution is 6.17. The summed E-state index contributed by atoms with van der Waals surface area (Å²) in [5.74, 6) is 1.63. The first-order valence-electron chi connectivity index (χ1n) is 10.3. The number of hydrogen-bond acceptors (Lipinski definition) is 4. The number of carbonyl (C=O) groups is 1. The Kier molecular flexibility index (Phi) is 6.43. The van der Waals surface area contributed by atoms with E-state index in [4.69, 9.17) is 9.15 Å². The zero-order valence-corrected chi connectivity index (χ0v) is 18.0. The van der Waals surface area contributed by atoms with Crippen molar-refractivity contribution in [3.05, 3.63) is 65.4 Å². The second kappa shape index (κ2) is 8.83. The quantitative estimate of drug-likeness (QED) is 0.380. The van der Waals surface area contributed by atoms with Gasteiger partial charge >= 0.3 is 0 Å². The first-order chi connectivity index (χ1) is 13.8. The number of para-hydroxylation sites is 1. The molecule has 0 atom stereocenters. The van der Waals surface area contributed by atoms with E-state index in [1.54, 1.807) is 0 Å². The van der Waals surface area contributed by atoms with Gasteiger partial charge in [0.25, 0.3) is 0 Å². The molecule has 2 aromatic carbocycles. The Balaban J connectivity index is 1.70. The standard InChI is InChI=1S/C25H31NO3/c1-17(2)24-22(20-9-6-7-10-21(20)29-24)23(27)18-11-13-19(14-12-18)28-16-8-15-26-25(3,4)5/h6-7,9-14,17,26H,8,15-16H2,1-5H3. The maximum absolute atomic E-state index is 13.2. The number of fused-ring (bicyclic) bond motifs is 1. The van der Waals surface area contributed by atoms with Crippen LogP contribution in [0.2, 0.25) is 0 Å². The van der Waals surface area contributed by atoms with Crippen LogP contribution in [0.25, 0.3) is 11.0 Å². The minimum atomic E-state index is -0.0143. The summed E-state index contributed by atoms with van der Waals surface area (Å²) >= 11 is 0. The van der Waals surface area contributed by atoms with Crippen molar-refractivity contribution in [1.29, 1.82) is 0 Å². The largest absolute Gasteiger partial charge is 0.494 e. The minimum Gasteiger partial charge on any atom is -0.494 e. The lowest BCUT2D eigenvalue weighted by Crippen LogP contribution is -2.36. The number of hydrogen-bond donors (Lipinski definition) is 1. The van der Waals surface area contributed by atoms with Crippen LogP contribution in [0.5, 0.6) is 5.75 Å². The first kappa shape index (κ1) is 21.1. The van der Waals surface area contributed by atoms with Crippen molar-refractivity contribution in [1.82, 2.24) is 5.32 Å². The van der Waals surface area contributed by atoms with Gasteiger partial charge in [0.05, 0.1) is 12.2 Å². The molecule has 29 heavy (non-hydrogen) atoms. The van der Waals surface area contributed by atoms with E-state index < -0.39 is 0 Å². The molecule has 0 radical (unpaired) electrons. The fraction of sp³-hybridized carbons (Fsp3) is 0.400. The number of carbonyl (C=O) groups excluding carboxylic acids is 1. The predicted octanol–water partition coefficient (Wildman–Crippen LogP) is 5.94. The number of benzene rings is 2. The van der Waals surface area contributed by atoms with Crippen molar-refractivity contribution in [3.8, 4) is 5.75 Å². The molecule has 3 rings (SSSR count). The number of ketones is 1. The van der Waals surface area contributed by atoms with Gasteiger partial charge in [-0.05, 0) is 64.1 Å². The molecular formula is C25H31NO3. The molecule has 0 unspecified atom stereocenters. The Labute approximate surface area is 173 Å². The summed E-state index contributed by atoms with van der Waals surface area (Å²) in [5, 5.41) is 4.31. The van der Waals surface area contributed by atoms with E-state index in [2.05, 4.69) is 26.1 Å². The molecule has 0 bridgehead atoms. The summed E-state index contributed by atoms with van der Waals surface area (Å²) in [4.78, 5) is 13.2. The molecule has 0 aliphatic heterocycles. The van der Waals surface area contributed by atoms with Gasteiger partial charge in [-0.1, -0.05) is 32.0 Å². The van der Waals surface area contributed by atoms with Gasteiger partial charge in [-0.2, -0.15) is 0 Å². The number of rotatable bonds is 8. The topological polar surface area (TPSA) is 51.5 Å². The first-order valence-corrected chi connectivity index (χ1v) is 10.3. The van der Waals surface area contributed by atoms with Crippen molar-refractivity contribution in [2.24, 2.45) is 0 Å². The Hall–Kier alpha value is -2.59. The van der Waals surface area contributed by atoms with Crippen molar-refractivity contribution in [2.45, 2.75) is 52.5 Å². The molecule has 0 amide bonds. The van der Waals surface area contributed by atoms with Crippen LogP contribution in [0.4, 0.5) is 0 Å². The smallest absolute Gasteiger partial charge is 0.197 e.